The number of rotatable bonds is 24. The molecule has 40 heteroatoms. The van der Waals surface area contributed by atoms with E-state index >= 15 is 0 Å². The van der Waals surface area contributed by atoms with Gasteiger partial charge in [-0.15, -0.1) is 0 Å². The molecule has 0 radical (unpaired) electrons. The van der Waals surface area contributed by atoms with Crippen LogP contribution in [0.5, 0.6) is 5.75 Å². The van der Waals surface area contributed by atoms with Gasteiger partial charge in [0.25, 0.3) is 5.91 Å². The summed E-state index contributed by atoms with van der Waals surface area (Å²) in [5, 5.41) is 57.9. The van der Waals surface area contributed by atoms with E-state index in [1.165, 1.54) is 12.1 Å². The van der Waals surface area contributed by atoms with Gasteiger partial charge in [0, 0.05) is 77.6 Å². The third-order valence-electron chi connectivity index (χ3n) is 17.1. The molecule has 0 bridgehead atoms. The predicted octanol–water partition coefficient (Wildman–Crippen LogP) is -8.48. The minimum atomic E-state index is -5.55. The number of nitrogens with zero attached hydrogens (tertiary/aromatic N) is 1. The van der Waals surface area contributed by atoms with Crippen molar-refractivity contribution >= 4 is 129 Å². The number of aromatic carboxylic acids is 1. The van der Waals surface area contributed by atoms with Crippen molar-refractivity contribution in [2.75, 3.05) is 36.9 Å². The molecular weight excluding hydrogens is 1480 g/mol. The second-order valence-electron chi connectivity index (χ2n) is 25.3. The molecule has 4 aromatic rings. The van der Waals surface area contributed by atoms with Crippen molar-refractivity contribution in [1.29, 1.82) is 0 Å². The number of hydrogen-bond acceptors (Lipinski definition) is 24. The second kappa shape index (κ2) is 39.1. The molecule has 10 amide bonds. The molecule has 16 N–H and O–H groups in total. The number of unbranched alkanes of at least 4 members (excludes halogenated alkanes) is 1. The summed E-state index contributed by atoms with van der Waals surface area (Å²) in [7, 11) is -8.99. The monoisotopic (exact) mass is 1550 g/mol. The van der Waals surface area contributed by atoms with E-state index in [9.17, 15) is 98.8 Å². The number of amides is 10. The van der Waals surface area contributed by atoms with Crippen LogP contribution in [0.2, 0.25) is 0 Å². The van der Waals surface area contributed by atoms with Crippen LogP contribution in [-0.2, 0) is 81.0 Å². The molecule has 108 heavy (non-hydrogen) atoms. The quantitative estimate of drug-likeness (QED) is 0.00668. The summed E-state index contributed by atoms with van der Waals surface area (Å²) in [4.78, 5) is 164. The Balaban J connectivity index is 0.00000912. The number of carboxylic acid groups (broad SMARTS) is 2. The second-order valence-corrected chi connectivity index (χ2v) is 30.6. The van der Waals surface area contributed by atoms with Crippen molar-refractivity contribution in [2.24, 2.45) is 11.7 Å². The third kappa shape index (κ3) is 23.3. The first kappa shape index (κ1) is 87.4. The van der Waals surface area contributed by atoms with Gasteiger partial charge < -0.3 is 92.5 Å². The Hall–Kier alpha value is -9.48. The molecule has 7 atom stereocenters. The number of phenols is 1. The van der Waals surface area contributed by atoms with E-state index in [0.717, 1.165) is 69.0 Å². The normalized spacial score (nSPS) is 18.8. The zero-order valence-corrected chi connectivity index (χ0v) is 62.1. The number of carbonyl (C=O) groups is 12. The standard InChI is InChI=1S/C68H78N12O22S4.2Li/c1-34(2)27-46-62(88)78-49(31-52(71)82)65(91)79-50(33-104-103-26-23-53(83)74-47(29-36-13-16-38(81)17-14-36)63(89)77-48(64(90)76-46)28-35-9-4-3-5-10-35)67(93)80-25-8-12-51(80)66(92)75-45(61(87)73-32-54(84)85)11-6-7-24-72-60(86)37-15-18-39(42(30-37)68(94)95)55-40-19-21-43(69)58(105(96,97)98)56(40)102-57-41(55)20-22-44(70)59(57)106(99,100)101;;/h3-5,9-10,13-22,30,34,45-51,69,81H,6-8,11-12,23-29,31-33,70H2,1-2H3,(H2,71,82)(H,72,86)(H,73,87)(H,74,83)(H,75,92)(H,76,90)(H,77,89)(H,78,88)(H,79,91)(H,84,85)(H,94,95)(H,96,97,98)(H,99,100,101);;/q;2*+1/p-2/t45-,46-,47-,48-,49-,50-,51-;;/m0../s1. The number of nitrogens with one attached hydrogen (secondary N) is 8. The maximum Gasteiger partial charge on any atom is 1.00 e. The zero-order valence-electron chi connectivity index (χ0n) is 58.8. The van der Waals surface area contributed by atoms with Crippen LogP contribution < -0.4 is 108 Å². The number of nitrogen functional groups attached to an aromatic ring is 1. The van der Waals surface area contributed by atoms with Gasteiger partial charge in [0.2, 0.25) is 58.5 Å². The number of carbonyl (C=O) groups excluding carboxylic acids is 11. The summed E-state index contributed by atoms with van der Waals surface area (Å²) < 4.78 is 81.1. The Morgan fingerprint density at radius 1 is 0.741 bits per heavy atom. The Morgan fingerprint density at radius 2 is 1.35 bits per heavy atom. The molecule has 0 aromatic heterocycles. The van der Waals surface area contributed by atoms with E-state index in [4.69, 9.17) is 21.3 Å². The van der Waals surface area contributed by atoms with E-state index in [2.05, 4.69) is 42.5 Å². The number of aliphatic carboxylic acids is 1. The molecule has 8 rings (SSSR count). The molecule has 0 spiro atoms. The van der Waals surface area contributed by atoms with E-state index in [0.29, 0.717) is 11.1 Å². The first-order valence-electron chi connectivity index (χ1n) is 33.0. The van der Waals surface area contributed by atoms with Gasteiger partial charge in [-0.1, -0.05) is 84.0 Å². The average Bonchev–Trinajstić information content (AvgIpc) is 0.794. The third-order valence-corrected chi connectivity index (χ3v) is 21.3. The Kier molecular flexibility index (Phi) is 31.6. The number of likely N-dealkylation sites (tertiary alicyclic amines) is 1. The van der Waals surface area contributed by atoms with Crippen molar-refractivity contribution in [3.8, 4) is 28.2 Å². The SMILES string of the molecule is CC(C)C[C@@H]1NC(=O)[C@H](Cc2ccccc2)NC(=O)[C@H](Cc2ccc(O)cc2)NC(=O)CCSSC[C@@H](C(=O)N2CCC[C@H]2C(=O)N[C@@H](CCCCNC(=O)c2ccc(-c3c4ccc(=[NH2+])c(S(=O)(=O)[O-])c-4oc4c(S(=O)(=O)[O-])c(N)ccc34)c(C(=O)[O-])c2)C(=O)NCC(=O)O)NC(=O)[C@H](CC(N)=O)NC1=O.[Li+].[Li+]. The van der Waals surface area contributed by atoms with Crippen LogP contribution in [0, 0.1) is 5.92 Å². The van der Waals surface area contributed by atoms with Crippen molar-refractivity contribution in [2.45, 2.75) is 130 Å². The van der Waals surface area contributed by atoms with Gasteiger partial charge in [-0.3, -0.25) is 58.1 Å². The molecule has 2 fully saturated rings. The Morgan fingerprint density at radius 3 is 1.98 bits per heavy atom. The number of nitrogens with two attached hydrogens (primary N) is 3. The number of hydrogen-bond donors (Lipinski definition) is 13. The maximum atomic E-state index is 14.9. The number of fused-ring (bicyclic) bond motifs is 2. The van der Waals surface area contributed by atoms with Crippen molar-refractivity contribution in [1.82, 2.24) is 47.4 Å². The molecule has 566 valence electrons. The summed E-state index contributed by atoms with van der Waals surface area (Å²) in [6, 6.07) is 11.6. The van der Waals surface area contributed by atoms with Gasteiger partial charge in [-0.05, 0) is 104 Å². The zero-order chi connectivity index (χ0) is 77.5. The molecular formula is C68H76Li2N12O22S4. The first-order valence-corrected chi connectivity index (χ1v) is 38.3. The van der Waals surface area contributed by atoms with Crippen LogP contribution in [-0.4, -0.2) is 185 Å². The molecule has 0 saturated carbocycles. The van der Waals surface area contributed by atoms with Crippen LogP contribution in [0.4, 0.5) is 5.69 Å². The number of benzene rings is 5. The van der Waals surface area contributed by atoms with Gasteiger partial charge in [0.1, 0.15) is 79.7 Å². The molecule has 34 nitrogen and oxygen atoms in total. The first-order chi connectivity index (χ1) is 50.1. The average molecular weight is 1560 g/mol. The molecule has 0 unspecified atom stereocenters. The van der Waals surface area contributed by atoms with E-state index in [1.807, 2.05) is 0 Å². The number of phenolic OH excluding ortho intramolecular Hbond substituents is 1. The van der Waals surface area contributed by atoms with E-state index in [1.54, 1.807) is 56.3 Å². The predicted molar refractivity (Wildman–Crippen MR) is 376 cm³/mol. The number of carboxylic acids is 2. The van der Waals surface area contributed by atoms with E-state index in [-0.39, 0.29) is 159 Å². The molecule has 4 aliphatic rings. The Bertz CT molecular complexity index is 4670. The van der Waals surface area contributed by atoms with Gasteiger partial charge in [0.15, 0.2) is 16.2 Å². The van der Waals surface area contributed by atoms with Gasteiger partial charge in [-0.25, -0.2) is 16.8 Å². The largest absolute Gasteiger partial charge is 1.00 e. The fourth-order valence-corrected chi connectivity index (χ4v) is 15.7. The van der Waals surface area contributed by atoms with Crippen LogP contribution in [0.25, 0.3) is 33.4 Å². The molecule has 1 aliphatic carbocycles. The van der Waals surface area contributed by atoms with Crippen LogP contribution >= 0.6 is 21.6 Å². The van der Waals surface area contributed by atoms with Gasteiger partial charge in [0.05, 0.1) is 18.1 Å². The summed E-state index contributed by atoms with van der Waals surface area (Å²) in [5.74, 6) is -13.7. The Labute approximate surface area is 650 Å². The fourth-order valence-electron chi connectivity index (χ4n) is 12.1. The summed E-state index contributed by atoms with van der Waals surface area (Å²) in [6.07, 6.45) is -1.19. The van der Waals surface area contributed by atoms with E-state index < -0.39 is 184 Å². The van der Waals surface area contributed by atoms with Gasteiger partial charge >= 0.3 is 43.7 Å². The minimum Gasteiger partial charge on any atom is -0.744 e. The van der Waals surface area contributed by atoms with Crippen LogP contribution in [0.3, 0.4) is 0 Å². The number of primary amides is 1. The summed E-state index contributed by atoms with van der Waals surface area (Å²) >= 11 is 0. The minimum absolute atomic E-state index is 0. The topological polar surface area (TPSA) is 573 Å². The molecule has 3 heterocycles. The van der Waals surface area contributed by atoms with Crippen molar-refractivity contribution in [3.63, 3.8) is 0 Å². The molecule has 4 aromatic carbocycles. The summed E-state index contributed by atoms with van der Waals surface area (Å²) in [5.41, 5.74) is 9.03. The molecule has 3 aliphatic heterocycles. The number of anilines is 1. The van der Waals surface area contributed by atoms with Crippen LogP contribution in [0.15, 0.2) is 111 Å². The van der Waals surface area contributed by atoms with Crippen molar-refractivity contribution < 1.29 is 146 Å². The van der Waals surface area contributed by atoms with Crippen molar-refractivity contribution in [3.05, 3.63) is 125 Å². The smallest absolute Gasteiger partial charge is 0.744 e. The fraction of sp³-hybridized carbons (Fsp3) is 0.368. The number of aromatic hydroxyl groups is 1. The maximum absolute atomic E-state index is 14.9. The molecule has 2 saturated heterocycles. The van der Waals surface area contributed by atoms with Crippen LogP contribution in [0.1, 0.15) is 97.1 Å². The van der Waals surface area contributed by atoms with Gasteiger partial charge in [-0.2, -0.15) is 0 Å². The summed E-state index contributed by atoms with van der Waals surface area (Å²) in [6.45, 7) is 2.33.